The highest BCUT2D eigenvalue weighted by Gasteiger charge is 2.25. The molecule has 0 bridgehead atoms. The number of amides is 2. The third kappa shape index (κ3) is 4.47. The fourth-order valence-electron chi connectivity index (χ4n) is 2.75. The summed E-state index contributed by atoms with van der Waals surface area (Å²) in [4.78, 5) is 28.1. The number of halogens is 2. The summed E-state index contributed by atoms with van der Waals surface area (Å²) >= 11 is 3.25. The molecule has 7 nitrogen and oxygen atoms in total. The monoisotopic (exact) mass is 424 g/mol. The van der Waals surface area contributed by atoms with Gasteiger partial charge in [-0.15, -0.1) is 0 Å². The van der Waals surface area contributed by atoms with Crippen LogP contribution >= 0.6 is 15.9 Å². The highest BCUT2D eigenvalue weighted by molar-refractivity contribution is 9.10. The van der Waals surface area contributed by atoms with Gasteiger partial charge in [-0.1, -0.05) is 21.1 Å². The van der Waals surface area contributed by atoms with Gasteiger partial charge in [-0.2, -0.15) is 0 Å². The van der Waals surface area contributed by atoms with Crippen molar-refractivity contribution >= 4 is 33.6 Å². The molecule has 0 spiro atoms. The molecule has 26 heavy (non-hydrogen) atoms. The Kier molecular flexibility index (Phi) is 5.67. The Hall–Kier alpha value is -2.26. The van der Waals surface area contributed by atoms with Crippen LogP contribution in [0.3, 0.4) is 0 Å². The van der Waals surface area contributed by atoms with E-state index in [-0.39, 0.29) is 23.9 Å². The molecule has 1 aromatic carbocycles. The van der Waals surface area contributed by atoms with Crippen LogP contribution in [0.25, 0.3) is 0 Å². The Morgan fingerprint density at radius 1 is 1.27 bits per heavy atom. The Labute approximate surface area is 158 Å². The Bertz CT molecular complexity index is 818. The second kappa shape index (κ2) is 7.96. The van der Waals surface area contributed by atoms with Crippen LogP contribution in [0.2, 0.25) is 0 Å². The van der Waals surface area contributed by atoms with Gasteiger partial charge in [0, 0.05) is 36.7 Å². The molecule has 9 heteroatoms. The number of aryl methyl sites for hydroxylation is 1. The highest BCUT2D eigenvalue weighted by atomic mass is 79.9. The number of anilines is 1. The Balaban J connectivity index is 1.51. The SMILES string of the molecule is Cc1cc(NC(=O)CN2CCN(C(=O)c3cc(Br)ccc3F)CC2)no1. The standard InChI is InChI=1S/C17H18BrFN4O3/c1-11-8-15(21-26-11)20-16(24)10-22-4-6-23(7-5-22)17(25)13-9-12(18)2-3-14(13)19/h2-3,8-9H,4-7,10H2,1H3,(H,20,21,24). The number of piperazine rings is 1. The van der Waals surface area contributed by atoms with Crippen molar-refractivity contribution in [3.05, 3.63) is 45.9 Å². The van der Waals surface area contributed by atoms with E-state index >= 15 is 0 Å². The van der Waals surface area contributed by atoms with Gasteiger partial charge in [0.1, 0.15) is 11.6 Å². The number of rotatable bonds is 4. The molecule has 1 saturated heterocycles. The molecule has 1 aromatic heterocycles. The van der Waals surface area contributed by atoms with Crippen molar-refractivity contribution < 1.29 is 18.5 Å². The van der Waals surface area contributed by atoms with Crippen molar-refractivity contribution in [1.29, 1.82) is 0 Å². The molecule has 2 amide bonds. The predicted molar refractivity (Wildman–Crippen MR) is 96.3 cm³/mol. The lowest BCUT2D eigenvalue weighted by molar-refractivity contribution is -0.117. The summed E-state index contributed by atoms with van der Waals surface area (Å²) in [7, 11) is 0. The van der Waals surface area contributed by atoms with E-state index in [1.807, 2.05) is 4.90 Å². The predicted octanol–water partition coefficient (Wildman–Crippen LogP) is 2.28. The van der Waals surface area contributed by atoms with Crippen LogP contribution < -0.4 is 5.32 Å². The second-order valence-electron chi connectivity index (χ2n) is 6.06. The van der Waals surface area contributed by atoms with Gasteiger partial charge in [-0.3, -0.25) is 14.5 Å². The van der Waals surface area contributed by atoms with Gasteiger partial charge >= 0.3 is 0 Å². The van der Waals surface area contributed by atoms with Crippen molar-refractivity contribution in [2.75, 3.05) is 38.0 Å². The lowest BCUT2D eigenvalue weighted by atomic mass is 10.1. The van der Waals surface area contributed by atoms with Crippen LogP contribution in [-0.2, 0) is 4.79 Å². The van der Waals surface area contributed by atoms with Crippen molar-refractivity contribution in [3.8, 4) is 0 Å². The summed E-state index contributed by atoms with van der Waals surface area (Å²) in [6.45, 7) is 3.87. The molecule has 2 heterocycles. The van der Waals surface area contributed by atoms with Gasteiger partial charge < -0.3 is 14.7 Å². The normalized spacial score (nSPS) is 15.1. The molecule has 0 radical (unpaired) electrons. The quantitative estimate of drug-likeness (QED) is 0.814. The molecule has 1 aliphatic rings. The average Bonchev–Trinajstić information content (AvgIpc) is 3.01. The molecule has 0 atom stereocenters. The van der Waals surface area contributed by atoms with Gasteiger partial charge in [-0.05, 0) is 25.1 Å². The fourth-order valence-corrected chi connectivity index (χ4v) is 3.11. The maximum Gasteiger partial charge on any atom is 0.256 e. The van der Waals surface area contributed by atoms with Crippen LogP contribution in [0.4, 0.5) is 10.2 Å². The number of carbonyl (C=O) groups excluding carboxylic acids is 2. The van der Waals surface area contributed by atoms with Crippen molar-refractivity contribution in [3.63, 3.8) is 0 Å². The first-order chi connectivity index (χ1) is 12.4. The molecule has 0 unspecified atom stereocenters. The third-order valence-corrected chi connectivity index (χ3v) is 4.57. The molecule has 2 aromatic rings. The van der Waals surface area contributed by atoms with Gasteiger partial charge in [-0.25, -0.2) is 4.39 Å². The van der Waals surface area contributed by atoms with E-state index in [0.717, 1.165) is 0 Å². The van der Waals surface area contributed by atoms with Crippen LogP contribution in [-0.4, -0.2) is 59.5 Å². The van der Waals surface area contributed by atoms with Gasteiger partial charge in [0.05, 0.1) is 12.1 Å². The average molecular weight is 425 g/mol. The first-order valence-electron chi connectivity index (χ1n) is 8.12. The number of hydrogen-bond acceptors (Lipinski definition) is 5. The smallest absolute Gasteiger partial charge is 0.256 e. The summed E-state index contributed by atoms with van der Waals surface area (Å²) in [5.41, 5.74) is 0.0481. The minimum atomic E-state index is -0.539. The molecule has 1 aliphatic heterocycles. The molecule has 3 rings (SSSR count). The van der Waals surface area contributed by atoms with Crippen LogP contribution in [0.15, 0.2) is 33.3 Å². The molecular formula is C17H18BrFN4O3. The molecule has 138 valence electrons. The van der Waals surface area contributed by atoms with Gasteiger partial charge in [0.15, 0.2) is 5.82 Å². The number of benzene rings is 1. The van der Waals surface area contributed by atoms with Crippen LogP contribution in [0.1, 0.15) is 16.1 Å². The van der Waals surface area contributed by atoms with Gasteiger partial charge in [0.2, 0.25) is 5.91 Å². The minimum absolute atomic E-state index is 0.0481. The zero-order chi connectivity index (χ0) is 18.7. The summed E-state index contributed by atoms with van der Waals surface area (Å²) < 4.78 is 19.4. The van der Waals surface area contributed by atoms with Crippen molar-refractivity contribution in [1.82, 2.24) is 15.0 Å². The first kappa shape index (κ1) is 18.5. The third-order valence-electron chi connectivity index (χ3n) is 4.08. The number of hydrogen-bond donors (Lipinski definition) is 1. The molecule has 1 N–H and O–H groups in total. The van der Waals surface area contributed by atoms with E-state index in [0.29, 0.717) is 42.2 Å². The van der Waals surface area contributed by atoms with Crippen LogP contribution in [0, 0.1) is 12.7 Å². The lowest BCUT2D eigenvalue weighted by Gasteiger charge is -2.34. The molecular weight excluding hydrogens is 407 g/mol. The lowest BCUT2D eigenvalue weighted by Crippen LogP contribution is -2.50. The number of nitrogens with one attached hydrogen (secondary N) is 1. The maximum atomic E-state index is 13.9. The van der Waals surface area contributed by atoms with E-state index in [2.05, 4.69) is 26.4 Å². The van der Waals surface area contributed by atoms with E-state index in [4.69, 9.17) is 4.52 Å². The van der Waals surface area contributed by atoms with Crippen molar-refractivity contribution in [2.45, 2.75) is 6.92 Å². The van der Waals surface area contributed by atoms with Crippen molar-refractivity contribution in [2.24, 2.45) is 0 Å². The zero-order valence-electron chi connectivity index (χ0n) is 14.2. The summed E-state index contributed by atoms with van der Waals surface area (Å²) in [5, 5.41) is 6.38. The largest absolute Gasteiger partial charge is 0.360 e. The van der Waals surface area contributed by atoms with E-state index in [1.165, 1.54) is 12.1 Å². The summed E-state index contributed by atoms with van der Waals surface area (Å²) in [6.07, 6.45) is 0. The zero-order valence-corrected chi connectivity index (χ0v) is 15.8. The van der Waals surface area contributed by atoms with E-state index in [1.54, 1.807) is 24.0 Å². The highest BCUT2D eigenvalue weighted by Crippen LogP contribution is 2.18. The molecule has 1 fully saturated rings. The number of carbonyl (C=O) groups is 2. The van der Waals surface area contributed by atoms with Crippen LogP contribution in [0.5, 0.6) is 0 Å². The summed E-state index contributed by atoms with van der Waals surface area (Å²) in [5.74, 6) is -0.0800. The van der Waals surface area contributed by atoms with E-state index < -0.39 is 5.82 Å². The fraction of sp³-hybridized carbons (Fsp3) is 0.353. The number of nitrogens with zero attached hydrogens (tertiary/aromatic N) is 3. The first-order valence-corrected chi connectivity index (χ1v) is 8.91. The Morgan fingerprint density at radius 3 is 2.65 bits per heavy atom. The maximum absolute atomic E-state index is 13.9. The molecule has 0 saturated carbocycles. The van der Waals surface area contributed by atoms with Gasteiger partial charge in [0.25, 0.3) is 5.91 Å². The number of aromatic nitrogens is 1. The topological polar surface area (TPSA) is 78.7 Å². The minimum Gasteiger partial charge on any atom is -0.360 e. The summed E-state index contributed by atoms with van der Waals surface area (Å²) in [6, 6.07) is 5.95. The second-order valence-corrected chi connectivity index (χ2v) is 6.98. The van der Waals surface area contributed by atoms with E-state index in [9.17, 15) is 14.0 Å². The Morgan fingerprint density at radius 2 is 2.00 bits per heavy atom. The molecule has 0 aliphatic carbocycles.